The van der Waals surface area contributed by atoms with Gasteiger partial charge in [-0.25, -0.2) is 0 Å². The number of amides is 1. The first kappa shape index (κ1) is 17.1. The van der Waals surface area contributed by atoms with Crippen molar-refractivity contribution in [2.45, 2.75) is 40.3 Å². The Hall–Kier alpha value is -2.76. The van der Waals surface area contributed by atoms with Gasteiger partial charge in [-0.05, 0) is 39.8 Å². The minimum absolute atomic E-state index is 0.0272. The third-order valence-corrected chi connectivity index (χ3v) is 4.39. The second-order valence-electron chi connectivity index (χ2n) is 6.51. The second kappa shape index (κ2) is 6.63. The maximum atomic E-state index is 12.9. The molecule has 0 aliphatic carbocycles. The monoisotopic (exact) mass is 337 g/mol. The molecule has 0 fully saturated rings. The third kappa shape index (κ3) is 3.24. The Morgan fingerprint density at radius 3 is 2.72 bits per heavy atom. The molecule has 1 aliphatic heterocycles. The lowest BCUT2D eigenvalue weighted by Gasteiger charge is -2.33. The van der Waals surface area contributed by atoms with E-state index in [1.807, 2.05) is 61.4 Å². The van der Waals surface area contributed by atoms with Crippen molar-refractivity contribution in [3.8, 4) is 0 Å². The lowest BCUT2D eigenvalue weighted by molar-refractivity contribution is 0.0637. The summed E-state index contributed by atoms with van der Waals surface area (Å²) in [5, 5.41) is 8.60. The zero-order valence-electron chi connectivity index (χ0n) is 15.2. The van der Waals surface area contributed by atoms with Gasteiger partial charge < -0.3 is 9.47 Å². The van der Waals surface area contributed by atoms with E-state index in [0.717, 1.165) is 28.6 Å². The highest BCUT2D eigenvalue weighted by Gasteiger charge is 2.32. The van der Waals surface area contributed by atoms with Crippen LogP contribution in [-0.2, 0) is 6.54 Å². The van der Waals surface area contributed by atoms with Gasteiger partial charge in [0.1, 0.15) is 0 Å². The van der Waals surface area contributed by atoms with Crippen LogP contribution in [0.3, 0.4) is 0 Å². The molecule has 3 rings (SSSR count). The molecule has 0 unspecified atom stereocenters. The van der Waals surface area contributed by atoms with E-state index in [-0.39, 0.29) is 11.9 Å². The van der Waals surface area contributed by atoms with E-state index in [2.05, 4.69) is 21.8 Å². The van der Waals surface area contributed by atoms with Crippen molar-refractivity contribution in [2.75, 3.05) is 6.54 Å². The van der Waals surface area contributed by atoms with Crippen molar-refractivity contribution in [2.24, 2.45) is 4.99 Å². The van der Waals surface area contributed by atoms with Crippen molar-refractivity contribution in [3.63, 3.8) is 0 Å². The van der Waals surface area contributed by atoms with Gasteiger partial charge in [-0.1, -0.05) is 24.3 Å². The Kier molecular flexibility index (Phi) is 4.53. The molecule has 1 atom stereocenters. The van der Waals surface area contributed by atoms with Crippen molar-refractivity contribution < 1.29 is 4.79 Å². The number of rotatable bonds is 3. The summed E-state index contributed by atoms with van der Waals surface area (Å²) in [6, 6.07) is 7.54. The Labute approximate surface area is 147 Å². The van der Waals surface area contributed by atoms with E-state index in [0.29, 0.717) is 18.7 Å². The van der Waals surface area contributed by atoms with Gasteiger partial charge in [0.15, 0.2) is 11.6 Å². The first-order valence-electron chi connectivity index (χ1n) is 8.40. The molecule has 1 aromatic carbocycles. The number of fused-ring (bicyclic) bond motifs is 1. The van der Waals surface area contributed by atoms with Gasteiger partial charge in [0, 0.05) is 24.4 Å². The lowest BCUT2D eigenvalue weighted by Crippen LogP contribution is -2.41. The largest absolute Gasteiger partial charge is 0.327 e. The quantitative estimate of drug-likeness (QED) is 0.808. The van der Waals surface area contributed by atoms with E-state index in [1.54, 1.807) is 0 Å². The Morgan fingerprint density at radius 1 is 1.28 bits per heavy atom. The van der Waals surface area contributed by atoms with Crippen molar-refractivity contribution in [3.05, 3.63) is 59.3 Å². The number of nitrogens with zero attached hydrogens (tertiary/aromatic N) is 5. The van der Waals surface area contributed by atoms with E-state index >= 15 is 0 Å². The molecule has 2 aromatic rings. The van der Waals surface area contributed by atoms with Crippen LogP contribution in [0.4, 0.5) is 0 Å². The molecule has 0 radical (unpaired) electrons. The van der Waals surface area contributed by atoms with E-state index < -0.39 is 0 Å². The lowest BCUT2D eigenvalue weighted by atomic mass is 10.1. The predicted octanol–water partition coefficient (Wildman–Crippen LogP) is 3.15. The summed E-state index contributed by atoms with van der Waals surface area (Å²) in [4.78, 5) is 19.1. The average Bonchev–Trinajstić information content (AvgIpc) is 2.99. The fourth-order valence-electron chi connectivity index (χ4n) is 3.21. The zero-order valence-corrected chi connectivity index (χ0v) is 15.2. The zero-order chi connectivity index (χ0) is 18.1. The highest BCUT2D eigenvalue weighted by atomic mass is 16.2. The molecule has 25 heavy (non-hydrogen) atoms. The first-order chi connectivity index (χ1) is 11.9. The second-order valence-corrected chi connectivity index (χ2v) is 6.51. The number of hydrogen-bond donors (Lipinski definition) is 0. The normalized spacial score (nSPS) is 17.4. The van der Waals surface area contributed by atoms with Gasteiger partial charge in [0.25, 0.3) is 5.91 Å². The topological polar surface area (TPSA) is 63.4 Å². The molecule has 6 heteroatoms. The number of aliphatic imine (C=N–C) groups is 1. The van der Waals surface area contributed by atoms with E-state index in [4.69, 9.17) is 0 Å². The van der Waals surface area contributed by atoms with Crippen LogP contribution in [0.2, 0.25) is 0 Å². The van der Waals surface area contributed by atoms with Crippen LogP contribution in [0.25, 0.3) is 0 Å². The minimum Gasteiger partial charge on any atom is -0.327 e. The molecular formula is C19H23N5O. The van der Waals surface area contributed by atoms with Crippen molar-refractivity contribution in [1.29, 1.82) is 0 Å². The Morgan fingerprint density at radius 2 is 2.04 bits per heavy atom. The van der Waals surface area contributed by atoms with Gasteiger partial charge in [-0.2, -0.15) is 0 Å². The minimum atomic E-state index is -0.138. The SMILES string of the molecule is C=C(C)N=C(C)c1nnc2n1CCN(C(=O)c1cccc(C)c1)[C@@H]2C. The molecule has 0 spiro atoms. The first-order valence-corrected chi connectivity index (χ1v) is 8.40. The molecule has 0 saturated carbocycles. The number of carbonyl (C=O) groups is 1. The van der Waals surface area contributed by atoms with Crippen molar-refractivity contribution >= 4 is 11.6 Å². The third-order valence-electron chi connectivity index (χ3n) is 4.39. The molecule has 2 heterocycles. The summed E-state index contributed by atoms with van der Waals surface area (Å²) in [5.41, 5.74) is 3.31. The summed E-state index contributed by atoms with van der Waals surface area (Å²) >= 11 is 0. The average molecular weight is 337 g/mol. The summed E-state index contributed by atoms with van der Waals surface area (Å²) in [5.74, 6) is 1.56. The van der Waals surface area contributed by atoms with Crippen LogP contribution in [-0.4, -0.2) is 37.8 Å². The molecule has 1 aromatic heterocycles. The van der Waals surface area contributed by atoms with Crippen LogP contribution < -0.4 is 0 Å². The number of aromatic nitrogens is 3. The Balaban J connectivity index is 1.90. The van der Waals surface area contributed by atoms with Crippen LogP contribution in [0.5, 0.6) is 0 Å². The molecule has 0 N–H and O–H groups in total. The van der Waals surface area contributed by atoms with Gasteiger partial charge >= 0.3 is 0 Å². The van der Waals surface area contributed by atoms with Crippen LogP contribution in [0.15, 0.2) is 41.5 Å². The van der Waals surface area contributed by atoms with Gasteiger partial charge in [-0.3, -0.25) is 9.79 Å². The number of allylic oxidation sites excluding steroid dienone is 1. The fraction of sp³-hybridized carbons (Fsp3) is 0.368. The molecule has 0 bridgehead atoms. The molecule has 1 amide bonds. The molecule has 0 saturated heterocycles. The van der Waals surface area contributed by atoms with E-state index in [9.17, 15) is 4.79 Å². The summed E-state index contributed by atoms with van der Waals surface area (Å²) in [7, 11) is 0. The van der Waals surface area contributed by atoms with Gasteiger partial charge in [0.2, 0.25) is 0 Å². The highest BCUT2D eigenvalue weighted by molar-refractivity contribution is 5.96. The van der Waals surface area contributed by atoms with E-state index in [1.165, 1.54) is 0 Å². The summed E-state index contributed by atoms with van der Waals surface area (Å²) in [6.07, 6.45) is 0. The van der Waals surface area contributed by atoms with Gasteiger partial charge in [-0.15, -0.1) is 10.2 Å². The number of carbonyl (C=O) groups excluding carboxylic acids is 1. The molecular weight excluding hydrogens is 314 g/mol. The van der Waals surface area contributed by atoms with Crippen LogP contribution in [0, 0.1) is 6.92 Å². The maximum Gasteiger partial charge on any atom is 0.254 e. The number of benzene rings is 1. The summed E-state index contributed by atoms with van der Waals surface area (Å²) < 4.78 is 2.05. The predicted molar refractivity (Wildman–Crippen MR) is 97.7 cm³/mol. The van der Waals surface area contributed by atoms with Crippen LogP contribution in [0.1, 0.15) is 54.4 Å². The summed E-state index contributed by atoms with van der Waals surface area (Å²) in [6.45, 7) is 12.8. The van der Waals surface area contributed by atoms with Gasteiger partial charge in [0.05, 0.1) is 11.8 Å². The van der Waals surface area contributed by atoms with Crippen molar-refractivity contribution in [1.82, 2.24) is 19.7 Å². The standard InChI is InChI=1S/C19H23N5O/c1-12(2)20-14(4)17-21-22-18-15(5)23(9-10-24(17)18)19(25)16-8-6-7-13(3)11-16/h6-8,11,15H,1,9-10H2,2-5H3/t15-/m1/s1. The molecule has 6 nitrogen and oxygen atoms in total. The maximum absolute atomic E-state index is 12.9. The highest BCUT2D eigenvalue weighted by Crippen LogP contribution is 2.26. The number of aryl methyl sites for hydroxylation is 1. The Bertz CT molecular complexity index is 864. The smallest absolute Gasteiger partial charge is 0.254 e. The molecule has 1 aliphatic rings. The molecule has 130 valence electrons. The fourth-order valence-corrected chi connectivity index (χ4v) is 3.21. The number of hydrogen-bond acceptors (Lipinski definition) is 4. The van der Waals surface area contributed by atoms with Crippen LogP contribution >= 0.6 is 0 Å².